The lowest BCUT2D eigenvalue weighted by Crippen LogP contribution is -2.43. The topological polar surface area (TPSA) is 70.2 Å². The van der Waals surface area contributed by atoms with Gasteiger partial charge >= 0.3 is 0 Å². The highest BCUT2D eigenvalue weighted by atomic mass is 16.5. The van der Waals surface area contributed by atoms with Crippen molar-refractivity contribution in [2.45, 2.75) is 51.7 Å². The van der Waals surface area contributed by atoms with Gasteiger partial charge in [-0.05, 0) is 6.42 Å². The minimum atomic E-state index is 0.0148. The van der Waals surface area contributed by atoms with Gasteiger partial charge in [0.2, 0.25) is 5.91 Å². The van der Waals surface area contributed by atoms with E-state index < -0.39 is 0 Å². The number of amides is 1. The van der Waals surface area contributed by atoms with Crippen LogP contribution in [0.15, 0.2) is 0 Å². The maximum Gasteiger partial charge on any atom is 0.225 e. The van der Waals surface area contributed by atoms with Crippen molar-refractivity contribution >= 4 is 5.91 Å². The molecule has 0 aromatic carbocycles. The van der Waals surface area contributed by atoms with E-state index in [4.69, 9.17) is 4.74 Å². The molecule has 2 unspecified atom stereocenters. The minimum absolute atomic E-state index is 0.0148. The van der Waals surface area contributed by atoms with E-state index in [-0.39, 0.29) is 12.0 Å². The molecule has 6 nitrogen and oxygen atoms in total. The highest BCUT2D eigenvalue weighted by Gasteiger charge is 2.28. The molecule has 122 valence electrons. The summed E-state index contributed by atoms with van der Waals surface area (Å²) in [5.74, 6) is 0.622. The van der Waals surface area contributed by atoms with Crippen molar-refractivity contribution in [2.75, 3.05) is 26.2 Å². The van der Waals surface area contributed by atoms with Gasteiger partial charge in [0.15, 0.2) is 0 Å². The Hall–Kier alpha value is -1.40. The Morgan fingerprint density at radius 1 is 1.55 bits per heavy atom. The zero-order valence-corrected chi connectivity index (χ0v) is 13.5. The quantitative estimate of drug-likeness (QED) is 0.876. The van der Waals surface area contributed by atoms with Gasteiger partial charge in [-0.3, -0.25) is 9.89 Å². The molecule has 0 aliphatic carbocycles. The van der Waals surface area contributed by atoms with Gasteiger partial charge in [-0.25, -0.2) is 0 Å². The summed E-state index contributed by atoms with van der Waals surface area (Å²) in [6.45, 7) is 8.17. The largest absolute Gasteiger partial charge is 0.375 e. The summed E-state index contributed by atoms with van der Waals surface area (Å²) in [6.07, 6.45) is 2.42. The molecule has 22 heavy (non-hydrogen) atoms. The molecule has 0 spiro atoms. The van der Waals surface area contributed by atoms with E-state index >= 15 is 0 Å². The van der Waals surface area contributed by atoms with Crippen LogP contribution in [0.3, 0.4) is 0 Å². The first kappa shape index (κ1) is 15.5. The number of rotatable bonds is 4. The fourth-order valence-electron chi connectivity index (χ4n) is 3.21. The molecule has 3 heterocycles. The maximum atomic E-state index is 12.5. The van der Waals surface area contributed by atoms with Crippen molar-refractivity contribution in [3.8, 4) is 0 Å². The van der Waals surface area contributed by atoms with Crippen molar-refractivity contribution in [3.05, 3.63) is 17.0 Å². The number of aromatic nitrogens is 2. The molecule has 1 aromatic rings. The summed E-state index contributed by atoms with van der Waals surface area (Å²) in [4.78, 5) is 14.5. The van der Waals surface area contributed by atoms with Crippen LogP contribution in [-0.4, -0.2) is 53.3 Å². The molecule has 2 N–H and O–H groups in total. The van der Waals surface area contributed by atoms with Crippen molar-refractivity contribution in [1.29, 1.82) is 0 Å². The third kappa shape index (κ3) is 3.17. The standard InChI is InChI=1S/C16H26N4O2/c1-3-11(2)16-13-10-20(6-4-14(13)18-19-16)15(21)8-12-9-17-5-7-22-12/h11-12,17H,3-10H2,1-2H3,(H,18,19). The predicted octanol–water partition coefficient (Wildman–Crippen LogP) is 1.19. The summed E-state index contributed by atoms with van der Waals surface area (Å²) in [5, 5.41) is 10.9. The molecular weight excluding hydrogens is 280 g/mol. The lowest BCUT2D eigenvalue weighted by molar-refractivity contribution is -0.135. The normalized spacial score (nSPS) is 23.2. The van der Waals surface area contributed by atoms with Crippen LogP contribution in [0.2, 0.25) is 0 Å². The molecule has 1 amide bonds. The Bertz CT molecular complexity index is 522. The third-order valence-electron chi connectivity index (χ3n) is 4.80. The van der Waals surface area contributed by atoms with E-state index in [0.29, 0.717) is 25.5 Å². The second kappa shape index (κ2) is 6.79. The number of nitrogens with zero attached hydrogens (tertiary/aromatic N) is 2. The molecule has 2 aliphatic rings. The van der Waals surface area contributed by atoms with E-state index in [0.717, 1.165) is 38.2 Å². The monoisotopic (exact) mass is 306 g/mol. The highest BCUT2D eigenvalue weighted by molar-refractivity contribution is 5.77. The van der Waals surface area contributed by atoms with Crippen LogP contribution in [0.25, 0.3) is 0 Å². The number of carbonyl (C=O) groups is 1. The number of fused-ring (bicyclic) bond motifs is 1. The van der Waals surface area contributed by atoms with E-state index in [9.17, 15) is 4.79 Å². The number of hydrogen-bond donors (Lipinski definition) is 2. The van der Waals surface area contributed by atoms with Gasteiger partial charge in [-0.15, -0.1) is 0 Å². The van der Waals surface area contributed by atoms with Crippen molar-refractivity contribution < 1.29 is 9.53 Å². The first-order valence-corrected chi connectivity index (χ1v) is 8.35. The summed E-state index contributed by atoms with van der Waals surface area (Å²) in [6, 6.07) is 0. The molecule has 6 heteroatoms. The van der Waals surface area contributed by atoms with E-state index in [1.54, 1.807) is 0 Å². The molecule has 0 saturated carbocycles. The number of hydrogen-bond acceptors (Lipinski definition) is 4. The van der Waals surface area contributed by atoms with E-state index in [1.807, 2.05) is 4.90 Å². The summed E-state index contributed by atoms with van der Waals surface area (Å²) in [5.41, 5.74) is 3.57. The van der Waals surface area contributed by atoms with Crippen LogP contribution in [0.1, 0.15) is 49.6 Å². The summed E-state index contributed by atoms with van der Waals surface area (Å²) in [7, 11) is 0. The lowest BCUT2D eigenvalue weighted by Gasteiger charge is -2.30. The Morgan fingerprint density at radius 3 is 3.14 bits per heavy atom. The smallest absolute Gasteiger partial charge is 0.225 e. The SMILES string of the molecule is CCC(C)c1n[nH]c2c1CN(C(=O)CC1CNCCO1)CC2. The fraction of sp³-hybridized carbons (Fsp3) is 0.750. The first-order chi connectivity index (χ1) is 10.7. The number of ether oxygens (including phenoxy) is 1. The zero-order chi connectivity index (χ0) is 15.5. The second-order valence-corrected chi connectivity index (χ2v) is 6.34. The Kier molecular flexibility index (Phi) is 4.78. The van der Waals surface area contributed by atoms with Crippen LogP contribution in [-0.2, 0) is 22.5 Å². The third-order valence-corrected chi connectivity index (χ3v) is 4.80. The highest BCUT2D eigenvalue weighted by Crippen LogP contribution is 2.27. The van der Waals surface area contributed by atoms with Gasteiger partial charge in [-0.2, -0.15) is 5.10 Å². The molecule has 1 saturated heterocycles. The summed E-state index contributed by atoms with van der Waals surface area (Å²) < 4.78 is 5.64. The van der Waals surface area contributed by atoms with Gasteiger partial charge in [0.25, 0.3) is 0 Å². The number of carbonyl (C=O) groups excluding carboxylic acids is 1. The second-order valence-electron chi connectivity index (χ2n) is 6.34. The van der Waals surface area contributed by atoms with Gasteiger partial charge in [0.05, 0.1) is 24.8 Å². The average molecular weight is 306 g/mol. The molecule has 2 aliphatic heterocycles. The van der Waals surface area contributed by atoms with Crippen LogP contribution in [0.4, 0.5) is 0 Å². The van der Waals surface area contributed by atoms with Gasteiger partial charge < -0.3 is 15.0 Å². The number of aromatic amines is 1. The zero-order valence-electron chi connectivity index (χ0n) is 13.5. The van der Waals surface area contributed by atoms with Crippen molar-refractivity contribution in [1.82, 2.24) is 20.4 Å². The van der Waals surface area contributed by atoms with Crippen LogP contribution >= 0.6 is 0 Å². The number of nitrogens with one attached hydrogen (secondary N) is 2. The van der Waals surface area contributed by atoms with Crippen LogP contribution in [0.5, 0.6) is 0 Å². The van der Waals surface area contributed by atoms with Crippen LogP contribution < -0.4 is 5.32 Å². The minimum Gasteiger partial charge on any atom is -0.375 e. The van der Waals surface area contributed by atoms with Gasteiger partial charge in [-0.1, -0.05) is 13.8 Å². The maximum absolute atomic E-state index is 12.5. The molecule has 0 radical (unpaired) electrons. The predicted molar refractivity (Wildman–Crippen MR) is 83.6 cm³/mol. The number of H-pyrrole nitrogens is 1. The van der Waals surface area contributed by atoms with E-state index in [2.05, 4.69) is 29.4 Å². The first-order valence-electron chi connectivity index (χ1n) is 8.35. The molecule has 1 fully saturated rings. The Balaban J connectivity index is 1.65. The lowest BCUT2D eigenvalue weighted by atomic mass is 9.96. The van der Waals surface area contributed by atoms with Gasteiger partial charge in [0, 0.05) is 49.8 Å². The average Bonchev–Trinajstić information content (AvgIpc) is 2.98. The summed E-state index contributed by atoms with van der Waals surface area (Å²) >= 11 is 0. The molecule has 2 atom stereocenters. The van der Waals surface area contributed by atoms with Crippen molar-refractivity contribution in [3.63, 3.8) is 0 Å². The molecule has 1 aromatic heterocycles. The Morgan fingerprint density at radius 2 is 2.41 bits per heavy atom. The number of morpholine rings is 1. The van der Waals surface area contributed by atoms with E-state index in [1.165, 1.54) is 11.3 Å². The van der Waals surface area contributed by atoms with Crippen molar-refractivity contribution in [2.24, 2.45) is 0 Å². The molecule has 3 rings (SSSR count). The molecule has 0 bridgehead atoms. The van der Waals surface area contributed by atoms with Crippen LogP contribution in [0, 0.1) is 0 Å². The fourth-order valence-corrected chi connectivity index (χ4v) is 3.21. The van der Waals surface area contributed by atoms with Gasteiger partial charge in [0.1, 0.15) is 0 Å². The molecular formula is C16H26N4O2. The Labute approximate surface area is 131 Å².